The smallest absolute Gasteiger partial charge is 0.309 e. The lowest BCUT2D eigenvalue weighted by atomic mass is 9.71. The summed E-state index contributed by atoms with van der Waals surface area (Å²) in [5.41, 5.74) is 23.9. The van der Waals surface area contributed by atoms with Crippen LogP contribution in [0.1, 0.15) is 133 Å². The van der Waals surface area contributed by atoms with Gasteiger partial charge in [0, 0.05) is 16.2 Å². The summed E-state index contributed by atoms with van der Waals surface area (Å²) in [5, 5.41) is 0. The molecular formula is C66H75O9P3. The Morgan fingerprint density at radius 2 is 0.513 bits per heavy atom. The van der Waals surface area contributed by atoms with Crippen LogP contribution in [0.25, 0.3) is 66.8 Å². The zero-order chi connectivity index (χ0) is 55.6. The molecule has 9 nitrogen and oxygen atoms in total. The molecule has 0 spiro atoms. The number of rotatable bonds is 21. The fraction of sp³-hybridized carbons (Fsp3) is 0.364. The predicted octanol–water partition coefficient (Wildman–Crippen LogP) is 18.9. The molecule has 0 saturated heterocycles. The Labute approximate surface area is 463 Å². The molecular weight excluding hydrogens is 1030 g/mol. The second-order valence-corrected chi connectivity index (χ2v) is 28.5. The lowest BCUT2D eigenvalue weighted by Crippen LogP contribution is -2.22. The highest BCUT2D eigenvalue weighted by Gasteiger charge is 2.52. The Bertz CT molecular complexity index is 3150. The minimum Gasteiger partial charge on any atom is -0.309 e. The van der Waals surface area contributed by atoms with Crippen molar-refractivity contribution in [2.75, 3.05) is 39.6 Å². The van der Waals surface area contributed by atoms with E-state index in [-0.39, 0.29) is 34.7 Å². The molecule has 7 aromatic rings. The van der Waals surface area contributed by atoms with Crippen LogP contribution in [-0.4, -0.2) is 39.6 Å². The Balaban J connectivity index is 1.11. The second kappa shape index (κ2) is 21.5. The minimum atomic E-state index is -3.26. The van der Waals surface area contributed by atoms with Crippen LogP contribution in [0.4, 0.5) is 0 Å². The third-order valence-corrected chi connectivity index (χ3v) is 22.4. The average molecular weight is 1110 g/mol. The van der Waals surface area contributed by atoms with Crippen molar-refractivity contribution >= 4 is 22.8 Å². The quantitative estimate of drug-likeness (QED) is 0.0650. The van der Waals surface area contributed by atoms with Gasteiger partial charge in [-0.3, -0.25) is 13.7 Å². The van der Waals surface area contributed by atoms with Gasteiger partial charge in [-0.2, -0.15) is 0 Å². The number of hydrogen-bond donors (Lipinski definition) is 0. The van der Waals surface area contributed by atoms with Gasteiger partial charge in [-0.15, -0.1) is 0 Å². The molecule has 0 bridgehead atoms. The number of hydrogen-bond acceptors (Lipinski definition) is 9. The van der Waals surface area contributed by atoms with Crippen LogP contribution in [-0.2, 0) is 75.6 Å². The van der Waals surface area contributed by atoms with Crippen LogP contribution in [0.3, 0.4) is 0 Å². The summed E-state index contributed by atoms with van der Waals surface area (Å²) < 4.78 is 74.3. The normalized spacial score (nSPS) is 15.4. The molecule has 0 atom stereocenters. The Morgan fingerprint density at radius 1 is 0.308 bits per heavy atom. The molecule has 78 heavy (non-hydrogen) atoms. The van der Waals surface area contributed by atoms with Gasteiger partial charge < -0.3 is 27.1 Å². The summed E-state index contributed by atoms with van der Waals surface area (Å²) in [7, 11) is -9.79. The van der Waals surface area contributed by atoms with Gasteiger partial charge in [0.15, 0.2) is 0 Å². The van der Waals surface area contributed by atoms with E-state index in [4.69, 9.17) is 27.1 Å². The maximum absolute atomic E-state index is 13.5. The predicted molar refractivity (Wildman–Crippen MR) is 319 cm³/mol. The topological polar surface area (TPSA) is 107 Å². The molecule has 0 fully saturated rings. The third kappa shape index (κ3) is 9.95. The summed E-state index contributed by atoms with van der Waals surface area (Å²) in [6, 6.07) is 46.1. The van der Waals surface area contributed by atoms with Gasteiger partial charge in [0.25, 0.3) is 0 Å². The molecule has 3 aliphatic carbocycles. The van der Waals surface area contributed by atoms with Gasteiger partial charge in [-0.1, -0.05) is 151 Å². The molecule has 7 aromatic carbocycles. The lowest BCUT2D eigenvalue weighted by Gasteiger charge is -2.31. The van der Waals surface area contributed by atoms with Crippen molar-refractivity contribution in [3.63, 3.8) is 0 Å². The van der Waals surface area contributed by atoms with Gasteiger partial charge >= 0.3 is 22.8 Å². The largest absolute Gasteiger partial charge is 0.335 e. The molecule has 0 unspecified atom stereocenters. The maximum Gasteiger partial charge on any atom is 0.335 e. The maximum atomic E-state index is 13.5. The standard InChI is InChI=1S/C66H75O9P3/c1-13-70-76(67,71-14-2)40-43-19-25-46(26-20-43)49-31-34-52-55(37-49)64(7,8)61-58(52)62-60(54-36-33-51(39-57(54)65(62,9)10)48-29-23-45(24-30-48)42-78(69,74-17-5)75-18-6)63-59(61)53-35-32-50(38-56(53)66(63,11)12)47-27-21-44(22-28-47)41-77(68,72-15-3)73-16-4/h19-39H,13-18,40-42H2,1-12H3. The van der Waals surface area contributed by atoms with Crippen LogP contribution >= 0.6 is 22.8 Å². The fourth-order valence-corrected chi connectivity index (χ4v) is 18.0. The van der Waals surface area contributed by atoms with E-state index >= 15 is 0 Å². The minimum absolute atomic E-state index is 0.220. The third-order valence-electron chi connectivity index (χ3n) is 16.2. The van der Waals surface area contributed by atoms with E-state index in [2.05, 4.69) is 133 Å². The van der Waals surface area contributed by atoms with Gasteiger partial charge in [-0.25, -0.2) is 0 Å². The summed E-state index contributed by atoms with van der Waals surface area (Å²) in [6.07, 6.45) is 0.659. The molecule has 0 saturated carbocycles. The lowest BCUT2D eigenvalue weighted by molar-refractivity contribution is 0.218. The highest BCUT2D eigenvalue weighted by molar-refractivity contribution is 7.53. The first-order valence-electron chi connectivity index (χ1n) is 27.8. The van der Waals surface area contributed by atoms with E-state index in [9.17, 15) is 13.7 Å². The van der Waals surface area contributed by atoms with Crippen molar-refractivity contribution < 1.29 is 40.8 Å². The first kappa shape index (κ1) is 56.3. The van der Waals surface area contributed by atoms with Gasteiger partial charge in [0.2, 0.25) is 0 Å². The molecule has 3 aliphatic rings. The molecule has 0 N–H and O–H groups in total. The molecule has 0 aromatic heterocycles. The van der Waals surface area contributed by atoms with Gasteiger partial charge in [0.05, 0.1) is 58.1 Å². The van der Waals surface area contributed by atoms with Crippen molar-refractivity contribution in [3.05, 3.63) is 177 Å². The van der Waals surface area contributed by atoms with Crippen molar-refractivity contribution in [2.24, 2.45) is 0 Å². The van der Waals surface area contributed by atoms with E-state index < -0.39 is 22.8 Å². The van der Waals surface area contributed by atoms with Crippen LogP contribution in [0, 0.1) is 0 Å². The molecule has 12 heteroatoms. The van der Waals surface area contributed by atoms with Crippen molar-refractivity contribution in [1.82, 2.24) is 0 Å². The van der Waals surface area contributed by atoms with E-state index in [1.807, 2.05) is 77.9 Å². The zero-order valence-electron chi connectivity index (χ0n) is 47.5. The Hall–Kier alpha value is -5.01. The van der Waals surface area contributed by atoms with Gasteiger partial charge in [0.1, 0.15) is 0 Å². The monoisotopic (exact) mass is 1100 g/mol. The summed E-state index contributed by atoms with van der Waals surface area (Å²) in [5.74, 6) is 0. The number of benzene rings is 7. The molecule has 0 radical (unpaired) electrons. The average Bonchev–Trinajstić information content (AvgIpc) is 2.41. The summed E-state index contributed by atoms with van der Waals surface area (Å²) in [6.45, 7) is 27.4. The van der Waals surface area contributed by atoms with E-state index in [0.29, 0.717) is 39.6 Å². The summed E-state index contributed by atoms with van der Waals surface area (Å²) in [4.78, 5) is 0. The molecule has 0 amide bonds. The van der Waals surface area contributed by atoms with Gasteiger partial charge in [-0.05, 0) is 177 Å². The van der Waals surface area contributed by atoms with Crippen molar-refractivity contribution in [3.8, 4) is 66.8 Å². The molecule has 10 rings (SSSR count). The number of fused-ring (bicyclic) bond motifs is 12. The van der Waals surface area contributed by atoms with Crippen LogP contribution < -0.4 is 0 Å². The first-order valence-corrected chi connectivity index (χ1v) is 33.0. The summed E-state index contributed by atoms with van der Waals surface area (Å²) >= 11 is 0. The van der Waals surface area contributed by atoms with E-state index in [1.54, 1.807) is 0 Å². The fourth-order valence-electron chi connectivity index (χ4n) is 12.9. The zero-order valence-corrected chi connectivity index (χ0v) is 50.2. The highest BCUT2D eigenvalue weighted by atomic mass is 31.2. The van der Waals surface area contributed by atoms with Crippen LogP contribution in [0.15, 0.2) is 127 Å². The van der Waals surface area contributed by atoms with E-state index in [1.165, 1.54) is 66.8 Å². The molecule has 408 valence electrons. The van der Waals surface area contributed by atoms with Crippen LogP contribution in [0.2, 0.25) is 0 Å². The van der Waals surface area contributed by atoms with Crippen molar-refractivity contribution in [1.29, 1.82) is 0 Å². The van der Waals surface area contributed by atoms with Crippen molar-refractivity contribution in [2.45, 2.75) is 118 Å². The molecule has 0 heterocycles. The SMILES string of the molecule is CCOP(=O)(Cc1ccc(-c2ccc3c(c2)C(C)(C)c2c-3c3c(c4c2-c2ccc(-c5ccc(CP(=O)(OCC)OCC)cc5)cc2C4(C)C)-c2ccc(-c4ccc(CP(=O)(OCC)OCC)cc4)cc2C3(C)C)cc1)OCC. The second-order valence-electron chi connectivity index (χ2n) is 22.3. The first-order chi connectivity index (χ1) is 37.2. The van der Waals surface area contributed by atoms with Crippen LogP contribution in [0.5, 0.6) is 0 Å². The highest BCUT2D eigenvalue weighted by Crippen LogP contribution is 2.68. The Kier molecular flexibility index (Phi) is 15.5. The van der Waals surface area contributed by atoms with E-state index in [0.717, 1.165) is 50.1 Å². The Morgan fingerprint density at radius 3 is 0.718 bits per heavy atom. The molecule has 0 aliphatic heterocycles.